The van der Waals surface area contributed by atoms with E-state index in [0.29, 0.717) is 17.4 Å². The van der Waals surface area contributed by atoms with Gasteiger partial charge in [0.1, 0.15) is 5.76 Å². The maximum atomic E-state index is 11.3. The first-order valence-electron chi connectivity index (χ1n) is 5.30. The van der Waals surface area contributed by atoms with Gasteiger partial charge in [-0.1, -0.05) is 13.2 Å². The van der Waals surface area contributed by atoms with Crippen LogP contribution in [0.2, 0.25) is 0 Å². The molecule has 3 heteroatoms. The maximum Gasteiger partial charge on any atom is 0.338 e. The van der Waals surface area contributed by atoms with E-state index >= 15 is 0 Å². The molecule has 0 aliphatic carbocycles. The van der Waals surface area contributed by atoms with E-state index in [1.807, 2.05) is 0 Å². The zero-order valence-electron chi connectivity index (χ0n) is 8.99. The average Bonchev–Trinajstić information content (AvgIpc) is 2.78. The van der Waals surface area contributed by atoms with Crippen LogP contribution >= 0.6 is 0 Å². The number of rotatable bonds is 3. The number of ether oxygens (including phenoxy) is 2. The molecule has 0 aromatic carbocycles. The summed E-state index contributed by atoms with van der Waals surface area (Å²) in [7, 11) is 0. The summed E-state index contributed by atoms with van der Waals surface area (Å²) in [6.45, 7) is 8.98. The van der Waals surface area contributed by atoms with Crippen molar-refractivity contribution in [2.24, 2.45) is 5.92 Å². The molecule has 2 bridgehead atoms. The second-order valence-corrected chi connectivity index (χ2v) is 4.35. The summed E-state index contributed by atoms with van der Waals surface area (Å²) in [6, 6.07) is 0. The van der Waals surface area contributed by atoms with Gasteiger partial charge in [-0.2, -0.15) is 0 Å². The van der Waals surface area contributed by atoms with Crippen molar-refractivity contribution in [1.82, 2.24) is 0 Å². The molecule has 15 heavy (non-hydrogen) atoms. The van der Waals surface area contributed by atoms with Crippen LogP contribution in [0.4, 0.5) is 0 Å². The minimum absolute atomic E-state index is 0.187. The third-order valence-corrected chi connectivity index (χ3v) is 3.09. The third kappa shape index (κ3) is 1.97. The number of hydrogen-bond acceptors (Lipinski definition) is 3. The van der Waals surface area contributed by atoms with Crippen LogP contribution in [0, 0.1) is 5.92 Å². The van der Waals surface area contributed by atoms with Crippen LogP contribution < -0.4 is 0 Å². The van der Waals surface area contributed by atoms with E-state index < -0.39 is 0 Å². The molecule has 3 nitrogen and oxygen atoms in total. The molecule has 3 unspecified atom stereocenters. The van der Waals surface area contributed by atoms with E-state index in [9.17, 15) is 4.79 Å². The lowest BCUT2D eigenvalue weighted by molar-refractivity contribution is -0.135. The molecular formula is C12H16O3. The second-order valence-electron chi connectivity index (χ2n) is 4.35. The van der Waals surface area contributed by atoms with Gasteiger partial charge in [0, 0.05) is 11.5 Å². The molecule has 0 N–H and O–H groups in total. The monoisotopic (exact) mass is 208 g/mol. The van der Waals surface area contributed by atoms with Crippen molar-refractivity contribution in [3.63, 3.8) is 0 Å². The predicted octanol–water partition coefficient (Wildman–Crippen LogP) is 2.19. The third-order valence-electron chi connectivity index (χ3n) is 3.09. The normalized spacial score (nSPS) is 32.7. The van der Waals surface area contributed by atoms with Crippen LogP contribution in [0.3, 0.4) is 0 Å². The Morgan fingerprint density at radius 3 is 2.60 bits per heavy atom. The van der Waals surface area contributed by atoms with Gasteiger partial charge in [0.15, 0.2) is 0 Å². The zero-order chi connectivity index (χ0) is 11.0. The van der Waals surface area contributed by atoms with E-state index in [4.69, 9.17) is 9.47 Å². The molecule has 0 spiro atoms. The highest BCUT2D eigenvalue weighted by Gasteiger charge is 2.43. The van der Waals surface area contributed by atoms with Crippen LogP contribution in [-0.4, -0.2) is 18.2 Å². The molecule has 3 atom stereocenters. The quantitative estimate of drug-likeness (QED) is 0.405. The standard InChI is InChI=1S/C12H16O3/c1-7(2)12(13)14-8(3)10-6-9-4-5-11(10)15-9/h9-11H,1,3-6H2,2H3. The number of esters is 1. The first kappa shape index (κ1) is 10.4. The largest absolute Gasteiger partial charge is 0.428 e. The van der Waals surface area contributed by atoms with E-state index in [0.717, 1.165) is 19.3 Å². The van der Waals surface area contributed by atoms with Crippen molar-refractivity contribution in [3.05, 3.63) is 24.5 Å². The summed E-state index contributed by atoms with van der Waals surface area (Å²) in [5, 5.41) is 0. The van der Waals surface area contributed by atoms with Crippen LogP contribution in [0.15, 0.2) is 24.5 Å². The van der Waals surface area contributed by atoms with Crippen LogP contribution in [0.5, 0.6) is 0 Å². The first-order valence-corrected chi connectivity index (χ1v) is 5.30. The molecule has 2 aliphatic rings. The van der Waals surface area contributed by atoms with Gasteiger partial charge < -0.3 is 9.47 Å². The molecule has 0 aromatic heterocycles. The SMILES string of the molecule is C=C(C)C(=O)OC(=C)C1CC2CCC1O2. The Morgan fingerprint density at radius 2 is 2.13 bits per heavy atom. The number of carbonyl (C=O) groups excluding carboxylic acids is 1. The lowest BCUT2D eigenvalue weighted by Gasteiger charge is -2.20. The highest BCUT2D eigenvalue weighted by atomic mass is 16.5. The molecule has 2 saturated heterocycles. The Labute approximate surface area is 89.8 Å². The van der Waals surface area contributed by atoms with Gasteiger partial charge in [0.05, 0.1) is 12.2 Å². The molecule has 2 aliphatic heterocycles. The van der Waals surface area contributed by atoms with E-state index in [2.05, 4.69) is 13.2 Å². The lowest BCUT2D eigenvalue weighted by atomic mass is 9.88. The zero-order valence-corrected chi connectivity index (χ0v) is 8.99. The summed E-state index contributed by atoms with van der Waals surface area (Å²) in [5.41, 5.74) is 0.403. The molecular weight excluding hydrogens is 192 g/mol. The second kappa shape index (κ2) is 3.81. The summed E-state index contributed by atoms with van der Waals surface area (Å²) < 4.78 is 10.8. The lowest BCUT2D eigenvalue weighted by Crippen LogP contribution is -2.21. The average molecular weight is 208 g/mol. The number of carbonyl (C=O) groups is 1. The Morgan fingerprint density at radius 1 is 1.40 bits per heavy atom. The van der Waals surface area contributed by atoms with Crippen LogP contribution in [0.25, 0.3) is 0 Å². The highest BCUT2D eigenvalue weighted by Crippen LogP contribution is 2.42. The van der Waals surface area contributed by atoms with E-state index in [1.165, 1.54) is 0 Å². The fraction of sp³-hybridized carbons (Fsp3) is 0.583. The summed E-state index contributed by atoms with van der Waals surface area (Å²) in [6.07, 6.45) is 3.68. The molecule has 0 saturated carbocycles. The topological polar surface area (TPSA) is 35.5 Å². The van der Waals surface area contributed by atoms with Crippen molar-refractivity contribution in [3.8, 4) is 0 Å². The Kier molecular flexibility index (Phi) is 2.65. The van der Waals surface area contributed by atoms with Gasteiger partial charge in [0.2, 0.25) is 0 Å². The molecule has 0 amide bonds. The summed E-state index contributed by atoms with van der Waals surface area (Å²) in [4.78, 5) is 11.3. The highest BCUT2D eigenvalue weighted by molar-refractivity contribution is 5.87. The fourth-order valence-electron chi connectivity index (χ4n) is 2.26. The van der Waals surface area contributed by atoms with E-state index in [-0.39, 0.29) is 18.0 Å². The Balaban J connectivity index is 1.92. The van der Waals surface area contributed by atoms with Crippen molar-refractivity contribution in [2.45, 2.75) is 38.4 Å². The summed E-state index contributed by atoms with van der Waals surface area (Å²) in [5.74, 6) is 0.338. The molecule has 82 valence electrons. The number of fused-ring (bicyclic) bond motifs is 2. The molecule has 0 aromatic rings. The molecule has 0 radical (unpaired) electrons. The van der Waals surface area contributed by atoms with Crippen molar-refractivity contribution in [1.29, 1.82) is 0 Å². The Bertz CT molecular complexity index is 319. The maximum absolute atomic E-state index is 11.3. The minimum atomic E-state index is -0.386. The van der Waals surface area contributed by atoms with E-state index in [1.54, 1.807) is 6.92 Å². The minimum Gasteiger partial charge on any atom is -0.428 e. The smallest absolute Gasteiger partial charge is 0.338 e. The van der Waals surface area contributed by atoms with Gasteiger partial charge in [-0.15, -0.1) is 0 Å². The van der Waals surface area contributed by atoms with Gasteiger partial charge in [-0.3, -0.25) is 0 Å². The van der Waals surface area contributed by atoms with Crippen LogP contribution in [-0.2, 0) is 14.3 Å². The van der Waals surface area contributed by atoms with Crippen molar-refractivity contribution < 1.29 is 14.3 Å². The van der Waals surface area contributed by atoms with Gasteiger partial charge in [-0.05, 0) is 26.2 Å². The first-order chi connectivity index (χ1) is 7.08. The molecule has 2 heterocycles. The van der Waals surface area contributed by atoms with Crippen molar-refractivity contribution >= 4 is 5.97 Å². The number of hydrogen-bond donors (Lipinski definition) is 0. The predicted molar refractivity (Wildman–Crippen MR) is 56.0 cm³/mol. The van der Waals surface area contributed by atoms with Gasteiger partial charge in [0.25, 0.3) is 0 Å². The molecule has 2 rings (SSSR count). The fourth-order valence-corrected chi connectivity index (χ4v) is 2.26. The van der Waals surface area contributed by atoms with Crippen LogP contribution in [0.1, 0.15) is 26.2 Å². The van der Waals surface area contributed by atoms with Gasteiger partial charge >= 0.3 is 5.97 Å². The molecule has 2 fully saturated rings. The Hall–Kier alpha value is -1.09. The summed E-state index contributed by atoms with van der Waals surface area (Å²) >= 11 is 0. The van der Waals surface area contributed by atoms with Gasteiger partial charge in [-0.25, -0.2) is 4.79 Å². The van der Waals surface area contributed by atoms with Crippen molar-refractivity contribution in [2.75, 3.05) is 0 Å².